The molecule has 10 nitrogen and oxygen atoms in total. The largest absolute Gasteiger partial charge is 0.496 e. The van der Waals surface area contributed by atoms with E-state index in [1.807, 2.05) is 60.5 Å². The van der Waals surface area contributed by atoms with Gasteiger partial charge in [-0.05, 0) is 87.3 Å². The molecule has 2 heterocycles. The van der Waals surface area contributed by atoms with Crippen LogP contribution in [0.5, 0.6) is 11.5 Å². The number of nitrogens with one attached hydrogen (secondary N) is 2. The first-order chi connectivity index (χ1) is 22.2. The van der Waals surface area contributed by atoms with E-state index in [1.54, 1.807) is 30.1 Å². The number of likely N-dealkylation sites (N-methyl/N-ethyl adjacent to an activating group) is 1. The molecule has 0 aliphatic carbocycles. The number of benzene rings is 3. The van der Waals surface area contributed by atoms with Crippen molar-refractivity contribution in [3.63, 3.8) is 0 Å². The van der Waals surface area contributed by atoms with Crippen LogP contribution in [0.2, 0.25) is 0 Å². The van der Waals surface area contributed by atoms with Gasteiger partial charge < -0.3 is 34.5 Å². The standard InChI is InChI=1S/C36H43N5O5.ClH/c1-25-12-15-31(33(23-25)46-22-7-5-6-11-34(42)41-20-18-39(2)19-21-41)40(3)36(44)26-13-14-28(32(24-26)45-4)35(43)38-30-10-8-9-29-27(30)16-17-37-29;/h8-10,12-17,23-24,37H,5-7,11,18-22H2,1-4H3,(H,38,43);1H. The molecule has 1 aromatic heterocycles. The third-order valence-electron chi connectivity index (χ3n) is 8.47. The minimum Gasteiger partial charge on any atom is -0.496 e. The summed E-state index contributed by atoms with van der Waals surface area (Å²) in [4.78, 5) is 48.3. The number of carbonyl (C=O) groups is 3. The Bertz CT molecular complexity index is 1700. The molecule has 0 spiro atoms. The SMILES string of the molecule is COc1cc(C(=O)N(C)c2ccc(C)cc2OCCCCCC(=O)N2CCN(C)CC2)ccc1C(=O)Nc1cccc2[nH]ccc12.Cl. The highest BCUT2D eigenvalue weighted by Gasteiger charge is 2.22. The van der Waals surface area contributed by atoms with E-state index in [0.29, 0.717) is 47.0 Å². The summed E-state index contributed by atoms with van der Waals surface area (Å²) in [6.45, 7) is 5.93. The van der Waals surface area contributed by atoms with Crippen LogP contribution in [0.3, 0.4) is 0 Å². The molecule has 4 aromatic rings. The van der Waals surface area contributed by atoms with Gasteiger partial charge in [-0.25, -0.2) is 0 Å². The first kappa shape index (κ1) is 35.3. The second kappa shape index (κ2) is 16.3. The molecule has 5 rings (SSSR count). The van der Waals surface area contributed by atoms with Crippen molar-refractivity contribution in [2.24, 2.45) is 0 Å². The fourth-order valence-electron chi connectivity index (χ4n) is 5.66. The van der Waals surface area contributed by atoms with Crippen LogP contribution in [0.1, 0.15) is 52.0 Å². The number of unbranched alkanes of at least 4 members (excludes halogenated alkanes) is 2. The average molecular weight is 662 g/mol. The maximum absolute atomic E-state index is 13.6. The molecule has 1 aliphatic heterocycles. The molecule has 0 atom stereocenters. The van der Waals surface area contributed by atoms with Crippen molar-refractivity contribution >= 4 is 52.4 Å². The van der Waals surface area contributed by atoms with Gasteiger partial charge in [0, 0.05) is 62.3 Å². The molecule has 1 saturated heterocycles. The van der Waals surface area contributed by atoms with Crippen LogP contribution >= 0.6 is 12.4 Å². The van der Waals surface area contributed by atoms with E-state index >= 15 is 0 Å². The van der Waals surface area contributed by atoms with Crippen molar-refractivity contribution in [3.8, 4) is 11.5 Å². The van der Waals surface area contributed by atoms with E-state index in [2.05, 4.69) is 22.2 Å². The van der Waals surface area contributed by atoms with Crippen LogP contribution in [0.4, 0.5) is 11.4 Å². The Morgan fingerprint density at radius 2 is 1.72 bits per heavy atom. The number of H-pyrrole nitrogens is 1. The van der Waals surface area contributed by atoms with Crippen molar-refractivity contribution in [1.29, 1.82) is 0 Å². The van der Waals surface area contributed by atoms with Gasteiger partial charge in [-0.15, -0.1) is 12.4 Å². The Kier molecular flexibility index (Phi) is 12.3. The second-order valence-electron chi connectivity index (χ2n) is 11.8. The molecule has 1 aliphatic rings. The number of aromatic nitrogens is 1. The van der Waals surface area contributed by atoms with Crippen LogP contribution in [-0.4, -0.2) is 86.5 Å². The van der Waals surface area contributed by atoms with E-state index in [1.165, 1.54) is 7.11 Å². The number of methoxy groups -OCH3 is 1. The van der Waals surface area contributed by atoms with Gasteiger partial charge in [-0.3, -0.25) is 14.4 Å². The molecule has 11 heteroatoms. The normalized spacial score (nSPS) is 13.1. The topological polar surface area (TPSA) is 107 Å². The van der Waals surface area contributed by atoms with Gasteiger partial charge in [-0.2, -0.15) is 0 Å². The number of aromatic amines is 1. The van der Waals surface area contributed by atoms with E-state index < -0.39 is 0 Å². The number of hydrogen-bond acceptors (Lipinski definition) is 6. The molecule has 0 saturated carbocycles. The molecule has 47 heavy (non-hydrogen) atoms. The highest BCUT2D eigenvalue weighted by atomic mass is 35.5. The number of carbonyl (C=O) groups excluding carboxylic acids is 3. The lowest BCUT2D eigenvalue weighted by atomic mass is 10.1. The first-order valence-corrected chi connectivity index (χ1v) is 15.8. The predicted octanol–water partition coefficient (Wildman–Crippen LogP) is 6.15. The summed E-state index contributed by atoms with van der Waals surface area (Å²) >= 11 is 0. The number of hydrogen-bond donors (Lipinski definition) is 2. The van der Waals surface area contributed by atoms with E-state index in [9.17, 15) is 14.4 Å². The van der Waals surface area contributed by atoms with Crippen LogP contribution in [-0.2, 0) is 4.79 Å². The average Bonchev–Trinajstić information content (AvgIpc) is 3.56. The van der Waals surface area contributed by atoms with Crippen molar-refractivity contribution in [2.45, 2.75) is 32.6 Å². The van der Waals surface area contributed by atoms with Crippen LogP contribution in [0, 0.1) is 6.92 Å². The summed E-state index contributed by atoms with van der Waals surface area (Å²) in [6.07, 6.45) is 4.90. The van der Waals surface area contributed by atoms with E-state index in [0.717, 1.165) is 61.9 Å². The van der Waals surface area contributed by atoms with Gasteiger partial charge in [-0.1, -0.05) is 12.1 Å². The summed E-state index contributed by atoms with van der Waals surface area (Å²) in [5, 5.41) is 3.85. The first-order valence-electron chi connectivity index (χ1n) is 15.8. The smallest absolute Gasteiger partial charge is 0.259 e. The maximum atomic E-state index is 13.6. The third-order valence-corrected chi connectivity index (χ3v) is 8.47. The number of ether oxygens (including phenoxy) is 2. The molecular formula is C36H44ClN5O5. The number of aryl methyl sites for hydroxylation is 1. The number of nitrogens with zero attached hydrogens (tertiary/aromatic N) is 3. The fourth-order valence-corrected chi connectivity index (χ4v) is 5.66. The Labute approximate surface area is 282 Å². The molecule has 0 radical (unpaired) electrons. The maximum Gasteiger partial charge on any atom is 0.259 e. The van der Waals surface area contributed by atoms with Crippen LogP contribution < -0.4 is 19.7 Å². The monoisotopic (exact) mass is 661 g/mol. The fraction of sp³-hybridized carbons (Fsp3) is 0.361. The molecule has 3 aromatic carbocycles. The summed E-state index contributed by atoms with van der Waals surface area (Å²) in [5.41, 5.74) is 3.95. The van der Waals surface area contributed by atoms with Crippen molar-refractivity contribution in [2.75, 3.05) is 64.2 Å². The zero-order valence-electron chi connectivity index (χ0n) is 27.5. The molecule has 250 valence electrons. The lowest BCUT2D eigenvalue weighted by Gasteiger charge is -2.32. The molecule has 0 unspecified atom stereocenters. The van der Waals surface area contributed by atoms with Gasteiger partial charge >= 0.3 is 0 Å². The third kappa shape index (κ3) is 8.64. The quantitative estimate of drug-likeness (QED) is 0.177. The number of piperazine rings is 1. The Hall–Kier alpha value is -4.54. The molecule has 0 bridgehead atoms. The van der Waals surface area contributed by atoms with Gasteiger partial charge in [0.25, 0.3) is 11.8 Å². The molecule has 2 N–H and O–H groups in total. The minimum absolute atomic E-state index is 0. The molecular weight excluding hydrogens is 618 g/mol. The number of rotatable bonds is 12. The highest BCUT2D eigenvalue weighted by molar-refractivity contribution is 6.12. The zero-order valence-corrected chi connectivity index (χ0v) is 28.3. The predicted molar refractivity (Wildman–Crippen MR) is 188 cm³/mol. The number of fused-ring (bicyclic) bond motifs is 1. The minimum atomic E-state index is -0.337. The van der Waals surface area contributed by atoms with E-state index in [4.69, 9.17) is 9.47 Å². The van der Waals surface area contributed by atoms with Gasteiger partial charge in [0.1, 0.15) is 11.5 Å². The van der Waals surface area contributed by atoms with Crippen LogP contribution in [0.25, 0.3) is 10.9 Å². The highest BCUT2D eigenvalue weighted by Crippen LogP contribution is 2.31. The lowest BCUT2D eigenvalue weighted by Crippen LogP contribution is -2.47. The van der Waals surface area contributed by atoms with Crippen molar-refractivity contribution < 1.29 is 23.9 Å². The number of amides is 3. The summed E-state index contributed by atoms with van der Waals surface area (Å²) in [5.74, 6) is 0.541. The second-order valence-corrected chi connectivity index (χ2v) is 11.8. The lowest BCUT2D eigenvalue weighted by molar-refractivity contribution is -0.132. The van der Waals surface area contributed by atoms with Gasteiger partial charge in [0.15, 0.2) is 0 Å². The Morgan fingerprint density at radius 1 is 0.936 bits per heavy atom. The van der Waals surface area contributed by atoms with Gasteiger partial charge in [0.2, 0.25) is 5.91 Å². The molecule has 1 fully saturated rings. The number of halogens is 1. The Morgan fingerprint density at radius 3 is 2.49 bits per heavy atom. The zero-order chi connectivity index (χ0) is 32.6. The summed E-state index contributed by atoms with van der Waals surface area (Å²) < 4.78 is 11.7. The summed E-state index contributed by atoms with van der Waals surface area (Å²) in [7, 11) is 5.26. The van der Waals surface area contributed by atoms with Crippen LogP contribution in [0.15, 0.2) is 66.9 Å². The van der Waals surface area contributed by atoms with Gasteiger partial charge in [0.05, 0.1) is 30.7 Å². The molecule has 3 amide bonds. The Balaban J connectivity index is 0.00000500. The van der Waals surface area contributed by atoms with Crippen molar-refractivity contribution in [3.05, 3.63) is 83.6 Å². The number of anilines is 2. The van der Waals surface area contributed by atoms with Crippen molar-refractivity contribution in [1.82, 2.24) is 14.8 Å². The summed E-state index contributed by atoms with van der Waals surface area (Å²) in [6, 6.07) is 18.1. The van der Waals surface area contributed by atoms with E-state index in [-0.39, 0.29) is 30.1 Å².